The summed E-state index contributed by atoms with van der Waals surface area (Å²) in [5.74, 6) is -6.53. The first-order valence-corrected chi connectivity index (χ1v) is 9.42. The third-order valence-electron chi connectivity index (χ3n) is 5.12. The Kier molecular flexibility index (Phi) is 5.66. The molecule has 2 N–H and O–H groups in total. The van der Waals surface area contributed by atoms with E-state index in [0.29, 0.717) is 6.92 Å². The van der Waals surface area contributed by atoms with Crippen LogP contribution in [-0.2, 0) is 9.59 Å². The average Bonchev–Trinajstić information content (AvgIpc) is 3.18. The number of hydrogen-bond donors (Lipinski definition) is 2. The number of carbonyl (C=O) groups excluding carboxylic acids is 2. The first-order chi connectivity index (χ1) is 13.8. The van der Waals surface area contributed by atoms with Crippen LogP contribution in [0.4, 0.5) is 17.6 Å². The standard InChI is InChI=1S/C21H22F4N2O3/c1-11-16(10-26-18(11)28)19(29)27-13-8-15(17(9-13)20(2,22)23)12-5-4-6-14(7-12)30-21(3,24)25/h4-9,11,16-17H,10H2,1-3H3,(H,26,28)(H,27,29)/t11-,16+,17?/m1/s1. The molecular weight excluding hydrogens is 404 g/mol. The second-order valence-corrected chi connectivity index (χ2v) is 7.72. The van der Waals surface area contributed by atoms with Gasteiger partial charge in [-0.1, -0.05) is 19.1 Å². The Balaban J connectivity index is 1.86. The third-order valence-corrected chi connectivity index (χ3v) is 5.12. The van der Waals surface area contributed by atoms with E-state index in [4.69, 9.17) is 0 Å². The molecule has 1 aromatic carbocycles. The van der Waals surface area contributed by atoms with Crippen molar-refractivity contribution in [3.05, 3.63) is 47.7 Å². The molecule has 30 heavy (non-hydrogen) atoms. The van der Waals surface area contributed by atoms with E-state index in [0.717, 1.165) is 6.92 Å². The Morgan fingerprint density at radius 2 is 1.93 bits per heavy atom. The highest BCUT2D eigenvalue weighted by Gasteiger charge is 2.40. The molecule has 1 aromatic rings. The van der Waals surface area contributed by atoms with Gasteiger partial charge < -0.3 is 15.4 Å². The monoisotopic (exact) mass is 426 g/mol. The Morgan fingerprint density at radius 1 is 1.23 bits per heavy atom. The lowest BCUT2D eigenvalue weighted by atomic mass is 9.91. The van der Waals surface area contributed by atoms with Gasteiger partial charge in [0.15, 0.2) is 0 Å². The highest BCUT2D eigenvalue weighted by Crippen LogP contribution is 2.42. The molecule has 1 fully saturated rings. The zero-order chi connectivity index (χ0) is 22.3. The second kappa shape index (κ2) is 7.77. The van der Waals surface area contributed by atoms with Crippen molar-refractivity contribution in [2.24, 2.45) is 17.8 Å². The Bertz CT molecular complexity index is 916. The normalized spacial score (nSPS) is 24.2. The van der Waals surface area contributed by atoms with E-state index >= 15 is 0 Å². The summed E-state index contributed by atoms with van der Waals surface area (Å²) < 4.78 is 59.3. The minimum absolute atomic E-state index is 0.163. The summed E-state index contributed by atoms with van der Waals surface area (Å²) in [5.41, 5.74) is 0.603. The van der Waals surface area contributed by atoms with Crippen molar-refractivity contribution in [3.63, 3.8) is 0 Å². The molecule has 2 aliphatic rings. The van der Waals surface area contributed by atoms with Gasteiger partial charge in [0, 0.05) is 32.0 Å². The summed E-state index contributed by atoms with van der Waals surface area (Å²) in [5, 5.41) is 5.18. The molecule has 3 rings (SSSR count). The zero-order valence-electron chi connectivity index (χ0n) is 16.6. The van der Waals surface area contributed by atoms with Gasteiger partial charge >= 0.3 is 6.11 Å². The zero-order valence-corrected chi connectivity index (χ0v) is 16.6. The number of halogens is 4. The summed E-state index contributed by atoms with van der Waals surface area (Å²) in [6.45, 7) is 3.12. The smallest absolute Gasteiger partial charge is 0.394 e. The van der Waals surface area contributed by atoms with Gasteiger partial charge in [0.25, 0.3) is 5.92 Å². The largest absolute Gasteiger partial charge is 0.433 e. The molecule has 0 radical (unpaired) electrons. The summed E-state index contributed by atoms with van der Waals surface area (Å²) in [6.07, 6.45) is -0.806. The predicted molar refractivity (Wildman–Crippen MR) is 102 cm³/mol. The van der Waals surface area contributed by atoms with E-state index in [1.807, 2.05) is 0 Å². The first-order valence-electron chi connectivity index (χ1n) is 9.42. The minimum Gasteiger partial charge on any atom is -0.433 e. The van der Waals surface area contributed by atoms with Gasteiger partial charge in [0.05, 0.1) is 11.8 Å². The van der Waals surface area contributed by atoms with Crippen molar-refractivity contribution >= 4 is 17.4 Å². The van der Waals surface area contributed by atoms with Crippen LogP contribution >= 0.6 is 0 Å². The van der Waals surface area contributed by atoms with Crippen LogP contribution in [0.1, 0.15) is 26.3 Å². The fourth-order valence-electron chi connectivity index (χ4n) is 3.57. The van der Waals surface area contributed by atoms with Gasteiger partial charge in [-0.15, -0.1) is 0 Å². The van der Waals surface area contributed by atoms with E-state index in [-0.39, 0.29) is 35.0 Å². The predicted octanol–water partition coefficient (Wildman–Crippen LogP) is 3.73. The number of allylic oxidation sites excluding steroid dienone is 3. The van der Waals surface area contributed by atoms with Crippen molar-refractivity contribution < 1.29 is 31.9 Å². The van der Waals surface area contributed by atoms with E-state index in [1.165, 1.54) is 36.4 Å². The van der Waals surface area contributed by atoms with Crippen LogP contribution in [0.15, 0.2) is 42.1 Å². The molecule has 1 heterocycles. The third kappa shape index (κ3) is 4.83. The van der Waals surface area contributed by atoms with E-state index in [2.05, 4.69) is 15.4 Å². The number of benzene rings is 1. The Morgan fingerprint density at radius 3 is 2.50 bits per heavy atom. The van der Waals surface area contributed by atoms with E-state index < -0.39 is 35.7 Å². The molecule has 1 unspecified atom stereocenters. The van der Waals surface area contributed by atoms with Gasteiger partial charge in [-0.3, -0.25) is 9.59 Å². The highest BCUT2D eigenvalue weighted by atomic mass is 19.3. The number of hydrogen-bond acceptors (Lipinski definition) is 3. The van der Waals surface area contributed by atoms with Crippen LogP contribution < -0.4 is 15.4 Å². The molecule has 0 saturated carbocycles. The molecule has 1 aliphatic carbocycles. The molecule has 0 aromatic heterocycles. The fraction of sp³-hybridized carbons (Fsp3) is 0.429. The number of amides is 2. The van der Waals surface area contributed by atoms with Crippen molar-refractivity contribution in [2.75, 3.05) is 6.54 Å². The second-order valence-electron chi connectivity index (χ2n) is 7.72. The summed E-state index contributed by atoms with van der Waals surface area (Å²) >= 11 is 0. The van der Waals surface area contributed by atoms with Crippen molar-refractivity contribution in [1.29, 1.82) is 0 Å². The maximum Gasteiger partial charge on any atom is 0.394 e. The van der Waals surface area contributed by atoms with Crippen LogP contribution in [0.2, 0.25) is 0 Å². The lowest BCUT2D eigenvalue weighted by Crippen LogP contribution is -2.33. The van der Waals surface area contributed by atoms with Gasteiger partial charge in [0.1, 0.15) is 5.75 Å². The molecular formula is C21H22F4N2O3. The fourth-order valence-corrected chi connectivity index (χ4v) is 3.57. The van der Waals surface area contributed by atoms with Gasteiger partial charge in [-0.05, 0) is 35.4 Å². The molecule has 0 spiro atoms. The van der Waals surface area contributed by atoms with Crippen molar-refractivity contribution in [3.8, 4) is 5.75 Å². The maximum atomic E-state index is 14.3. The number of alkyl halides is 4. The summed E-state index contributed by atoms with van der Waals surface area (Å²) in [4.78, 5) is 24.1. The lowest BCUT2D eigenvalue weighted by Gasteiger charge is -2.21. The highest BCUT2D eigenvalue weighted by molar-refractivity contribution is 5.92. The maximum absolute atomic E-state index is 14.3. The average molecular weight is 426 g/mol. The number of ether oxygens (including phenoxy) is 1. The molecule has 1 aliphatic heterocycles. The minimum atomic E-state index is -3.42. The molecule has 5 nitrogen and oxygen atoms in total. The van der Waals surface area contributed by atoms with Crippen molar-refractivity contribution in [1.82, 2.24) is 10.6 Å². The number of rotatable bonds is 6. The van der Waals surface area contributed by atoms with Gasteiger partial charge in [-0.2, -0.15) is 8.78 Å². The topological polar surface area (TPSA) is 67.4 Å². The summed E-state index contributed by atoms with van der Waals surface area (Å²) in [7, 11) is 0. The number of carbonyl (C=O) groups is 2. The van der Waals surface area contributed by atoms with Crippen LogP contribution in [-0.4, -0.2) is 30.4 Å². The Hall–Kier alpha value is -2.84. The van der Waals surface area contributed by atoms with Crippen LogP contribution in [0, 0.1) is 17.8 Å². The van der Waals surface area contributed by atoms with Crippen LogP contribution in [0.5, 0.6) is 5.75 Å². The lowest BCUT2D eigenvalue weighted by molar-refractivity contribution is -0.159. The quantitative estimate of drug-likeness (QED) is 0.682. The molecule has 9 heteroatoms. The van der Waals surface area contributed by atoms with Gasteiger partial charge in [-0.25, -0.2) is 8.78 Å². The van der Waals surface area contributed by atoms with E-state index in [1.54, 1.807) is 6.92 Å². The summed E-state index contributed by atoms with van der Waals surface area (Å²) in [6, 6.07) is 5.49. The van der Waals surface area contributed by atoms with Crippen LogP contribution in [0.25, 0.3) is 5.57 Å². The molecule has 1 saturated heterocycles. The van der Waals surface area contributed by atoms with Gasteiger partial charge in [0.2, 0.25) is 11.8 Å². The molecule has 0 bridgehead atoms. The van der Waals surface area contributed by atoms with Crippen molar-refractivity contribution in [2.45, 2.75) is 32.8 Å². The molecule has 3 atom stereocenters. The molecule has 2 amide bonds. The first kappa shape index (κ1) is 21.9. The van der Waals surface area contributed by atoms with E-state index in [9.17, 15) is 27.2 Å². The molecule has 162 valence electrons. The van der Waals surface area contributed by atoms with Crippen LogP contribution in [0.3, 0.4) is 0 Å². The number of nitrogens with one attached hydrogen (secondary N) is 2. The SMILES string of the molecule is C[C@H]1C(=O)NC[C@@H]1C(=O)NC1=CC(C(C)(F)F)C(c2cccc(OC(C)(F)F)c2)=C1. The Labute approximate surface area is 171 Å².